The normalized spacial score (nSPS) is 12.3. The Labute approximate surface area is 86.3 Å². The molecule has 0 aliphatic carbocycles. The van der Waals surface area contributed by atoms with E-state index in [-0.39, 0.29) is 5.25 Å². The zero-order chi connectivity index (χ0) is 11.0. The first-order chi connectivity index (χ1) is 6.50. The van der Waals surface area contributed by atoms with Crippen molar-refractivity contribution in [3.05, 3.63) is 0 Å². The van der Waals surface area contributed by atoms with Crippen LogP contribution in [-0.4, -0.2) is 47.0 Å². The van der Waals surface area contributed by atoms with Crippen LogP contribution in [0.4, 0.5) is 0 Å². The Kier molecular flexibility index (Phi) is 7.08. The van der Waals surface area contributed by atoms with Crippen LogP contribution >= 0.6 is 0 Å². The lowest BCUT2D eigenvalue weighted by molar-refractivity contribution is 0.199. The van der Waals surface area contributed by atoms with Crippen molar-refractivity contribution in [2.45, 2.75) is 19.1 Å². The third-order valence-corrected chi connectivity index (χ3v) is 3.56. The van der Waals surface area contributed by atoms with Crippen LogP contribution < -0.4 is 10.0 Å². The van der Waals surface area contributed by atoms with Crippen LogP contribution in [0.1, 0.15) is 13.8 Å². The molecule has 0 rings (SSSR count). The molecule has 0 fully saturated rings. The third kappa shape index (κ3) is 6.31. The zero-order valence-electron chi connectivity index (χ0n) is 9.04. The van der Waals surface area contributed by atoms with Crippen LogP contribution in [0.5, 0.6) is 0 Å². The van der Waals surface area contributed by atoms with E-state index in [0.29, 0.717) is 19.7 Å². The minimum atomic E-state index is -3.11. The van der Waals surface area contributed by atoms with E-state index in [1.165, 1.54) is 0 Å². The second-order valence-corrected chi connectivity index (χ2v) is 5.55. The Morgan fingerprint density at radius 1 is 1.21 bits per heavy atom. The molecule has 86 valence electrons. The van der Waals surface area contributed by atoms with Gasteiger partial charge in [-0.1, -0.05) is 0 Å². The van der Waals surface area contributed by atoms with E-state index < -0.39 is 10.0 Å². The minimum Gasteiger partial charge on any atom is -0.383 e. The number of hydrogen-bond acceptors (Lipinski definition) is 4. The monoisotopic (exact) mass is 224 g/mol. The SMILES string of the molecule is COCCNCCNS(=O)(=O)C(C)C. The summed E-state index contributed by atoms with van der Waals surface area (Å²) in [6.45, 7) is 5.72. The zero-order valence-corrected chi connectivity index (χ0v) is 9.86. The van der Waals surface area contributed by atoms with Gasteiger partial charge in [0.1, 0.15) is 0 Å². The summed E-state index contributed by atoms with van der Waals surface area (Å²) in [6.07, 6.45) is 0. The molecule has 0 unspecified atom stereocenters. The average Bonchev–Trinajstić information content (AvgIpc) is 2.10. The number of rotatable bonds is 8. The van der Waals surface area contributed by atoms with Crippen LogP contribution in [0, 0.1) is 0 Å². The van der Waals surface area contributed by atoms with E-state index in [2.05, 4.69) is 10.0 Å². The Bertz CT molecular complexity index is 227. The summed E-state index contributed by atoms with van der Waals surface area (Å²) in [7, 11) is -1.48. The van der Waals surface area contributed by atoms with Crippen LogP contribution in [-0.2, 0) is 14.8 Å². The van der Waals surface area contributed by atoms with Gasteiger partial charge in [0.2, 0.25) is 10.0 Å². The fourth-order valence-electron chi connectivity index (χ4n) is 0.748. The molecule has 0 spiro atoms. The van der Waals surface area contributed by atoms with Gasteiger partial charge < -0.3 is 10.1 Å². The van der Waals surface area contributed by atoms with Crippen molar-refractivity contribution in [2.75, 3.05) is 33.4 Å². The number of nitrogens with one attached hydrogen (secondary N) is 2. The van der Waals surface area contributed by atoms with Crippen LogP contribution in [0.3, 0.4) is 0 Å². The number of ether oxygens (including phenoxy) is 1. The molecule has 0 aromatic heterocycles. The highest BCUT2D eigenvalue weighted by molar-refractivity contribution is 7.90. The summed E-state index contributed by atoms with van der Waals surface area (Å²) in [5.74, 6) is 0. The largest absolute Gasteiger partial charge is 0.383 e. The third-order valence-electron chi connectivity index (χ3n) is 1.71. The maximum absolute atomic E-state index is 11.3. The summed E-state index contributed by atoms with van der Waals surface area (Å²) in [6, 6.07) is 0. The van der Waals surface area contributed by atoms with E-state index in [1.54, 1.807) is 21.0 Å². The molecule has 0 radical (unpaired) electrons. The molecule has 0 bridgehead atoms. The first-order valence-corrected chi connectivity index (χ1v) is 6.23. The number of sulfonamides is 1. The van der Waals surface area contributed by atoms with Gasteiger partial charge in [-0.25, -0.2) is 13.1 Å². The number of methoxy groups -OCH3 is 1. The molecule has 0 amide bonds. The van der Waals surface area contributed by atoms with Gasteiger partial charge in [0.05, 0.1) is 11.9 Å². The van der Waals surface area contributed by atoms with Crippen molar-refractivity contribution in [3.63, 3.8) is 0 Å². The Morgan fingerprint density at radius 3 is 2.36 bits per heavy atom. The van der Waals surface area contributed by atoms with Crippen molar-refractivity contribution < 1.29 is 13.2 Å². The predicted octanol–water partition coefficient (Wildman–Crippen LogP) is -0.450. The highest BCUT2D eigenvalue weighted by atomic mass is 32.2. The molecular formula is C8H20N2O3S. The van der Waals surface area contributed by atoms with Gasteiger partial charge in [-0.3, -0.25) is 0 Å². The molecule has 0 aliphatic heterocycles. The van der Waals surface area contributed by atoms with Gasteiger partial charge in [0.15, 0.2) is 0 Å². The van der Waals surface area contributed by atoms with E-state index in [1.807, 2.05) is 0 Å². The topological polar surface area (TPSA) is 67.4 Å². The van der Waals surface area contributed by atoms with Crippen molar-refractivity contribution in [1.29, 1.82) is 0 Å². The summed E-state index contributed by atoms with van der Waals surface area (Å²) in [4.78, 5) is 0. The van der Waals surface area contributed by atoms with Gasteiger partial charge >= 0.3 is 0 Å². The fourth-order valence-corrected chi connectivity index (χ4v) is 1.47. The lowest BCUT2D eigenvalue weighted by atomic mass is 10.6. The highest BCUT2D eigenvalue weighted by Crippen LogP contribution is 1.93. The first kappa shape index (κ1) is 13.8. The van der Waals surface area contributed by atoms with Crippen molar-refractivity contribution in [3.8, 4) is 0 Å². The molecule has 0 atom stereocenters. The Hall–Kier alpha value is -0.170. The van der Waals surface area contributed by atoms with Crippen LogP contribution in [0.2, 0.25) is 0 Å². The van der Waals surface area contributed by atoms with Crippen LogP contribution in [0.15, 0.2) is 0 Å². The van der Waals surface area contributed by atoms with Crippen molar-refractivity contribution in [2.24, 2.45) is 0 Å². The molecule has 0 saturated carbocycles. The van der Waals surface area contributed by atoms with Gasteiger partial charge in [0, 0.05) is 26.7 Å². The van der Waals surface area contributed by atoms with Gasteiger partial charge in [-0.15, -0.1) is 0 Å². The van der Waals surface area contributed by atoms with Crippen LogP contribution in [0.25, 0.3) is 0 Å². The molecule has 6 heteroatoms. The van der Waals surface area contributed by atoms with Gasteiger partial charge in [-0.05, 0) is 13.8 Å². The lowest BCUT2D eigenvalue weighted by Gasteiger charge is -2.09. The standard InChI is InChI=1S/C8H20N2O3S/c1-8(2)14(11,12)10-5-4-9-6-7-13-3/h8-10H,4-7H2,1-3H3. The Balaban J connectivity index is 3.46. The lowest BCUT2D eigenvalue weighted by Crippen LogP contribution is -2.36. The molecule has 2 N–H and O–H groups in total. The average molecular weight is 224 g/mol. The summed E-state index contributed by atoms with van der Waals surface area (Å²) >= 11 is 0. The van der Waals surface area contributed by atoms with E-state index in [9.17, 15) is 8.42 Å². The molecule has 0 heterocycles. The van der Waals surface area contributed by atoms with Gasteiger partial charge in [0.25, 0.3) is 0 Å². The highest BCUT2D eigenvalue weighted by Gasteiger charge is 2.13. The quantitative estimate of drug-likeness (QED) is 0.548. The van der Waals surface area contributed by atoms with E-state index in [4.69, 9.17) is 4.74 Å². The minimum absolute atomic E-state index is 0.374. The maximum Gasteiger partial charge on any atom is 0.213 e. The van der Waals surface area contributed by atoms with Crippen molar-refractivity contribution in [1.82, 2.24) is 10.0 Å². The smallest absolute Gasteiger partial charge is 0.213 e. The maximum atomic E-state index is 11.3. The molecule has 0 aromatic carbocycles. The number of hydrogen-bond donors (Lipinski definition) is 2. The van der Waals surface area contributed by atoms with E-state index in [0.717, 1.165) is 6.54 Å². The first-order valence-electron chi connectivity index (χ1n) is 4.69. The summed E-state index contributed by atoms with van der Waals surface area (Å²) < 4.78 is 29.8. The second-order valence-electron chi connectivity index (χ2n) is 3.23. The molecule has 14 heavy (non-hydrogen) atoms. The summed E-state index contributed by atoms with van der Waals surface area (Å²) in [5, 5.41) is 2.67. The molecular weight excluding hydrogens is 204 g/mol. The van der Waals surface area contributed by atoms with Crippen molar-refractivity contribution >= 4 is 10.0 Å². The molecule has 5 nitrogen and oxygen atoms in total. The molecule has 0 saturated heterocycles. The molecule has 0 aliphatic rings. The molecule has 0 aromatic rings. The Morgan fingerprint density at radius 2 is 1.86 bits per heavy atom. The summed E-state index contributed by atoms with van der Waals surface area (Å²) in [5.41, 5.74) is 0. The second kappa shape index (κ2) is 7.17. The van der Waals surface area contributed by atoms with E-state index >= 15 is 0 Å². The predicted molar refractivity (Wildman–Crippen MR) is 56.8 cm³/mol. The van der Waals surface area contributed by atoms with Gasteiger partial charge in [-0.2, -0.15) is 0 Å². The fraction of sp³-hybridized carbons (Fsp3) is 1.00.